The standard InChI is InChI=1S/C16H18FNO4/c17-13-6-4-12(5-7-13)2-1-3-14(19)18-10-8-16(22,9-11-18)15(20)21/h1-2,4-7,22H,3,8-11H2,(H,20,21)/b2-1+. The van der Waals surface area contributed by atoms with E-state index >= 15 is 0 Å². The predicted octanol–water partition coefficient (Wildman–Crippen LogP) is 1.67. The van der Waals surface area contributed by atoms with Crippen LogP contribution in [-0.4, -0.2) is 45.7 Å². The molecule has 5 nitrogen and oxygen atoms in total. The Morgan fingerprint density at radius 3 is 2.36 bits per heavy atom. The van der Waals surface area contributed by atoms with Crippen molar-refractivity contribution in [1.29, 1.82) is 0 Å². The van der Waals surface area contributed by atoms with Gasteiger partial charge in [0.2, 0.25) is 5.91 Å². The van der Waals surface area contributed by atoms with Gasteiger partial charge in [0, 0.05) is 32.4 Å². The van der Waals surface area contributed by atoms with Crippen LogP contribution < -0.4 is 0 Å². The second-order valence-corrected chi connectivity index (χ2v) is 5.38. The molecule has 1 saturated heterocycles. The van der Waals surface area contributed by atoms with Crippen molar-refractivity contribution in [1.82, 2.24) is 4.90 Å². The van der Waals surface area contributed by atoms with Crippen LogP contribution in [0.1, 0.15) is 24.8 Å². The monoisotopic (exact) mass is 307 g/mol. The summed E-state index contributed by atoms with van der Waals surface area (Å²) in [6, 6.07) is 5.92. The first kappa shape index (κ1) is 16.2. The molecule has 1 amide bonds. The third kappa shape index (κ3) is 3.92. The molecule has 0 radical (unpaired) electrons. The lowest BCUT2D eigenvalue weighted by molar-refractivity contribution is -0.165. The van der Waals surface area contributed by atoms with Crippen molar-refractivity contribution in [3.8, 4) is 0 Å². The highest BCUT2D eigenvalue weighted by atomic mass is 19.1. The third-order valence-electron chi connectivity index (χ3n) is 3.81. The maximum absolute atomic E-state index is 12.8. The number of hydrogen-bond donors (Lipinski definition) is 2. The van der Waals surface area contributed by atoms with Crippen LogP contribution in [0.3, 0.4) is 0 Å². The van der Waals surface area contributed by atoms with E-state index < -0.39 is 11.6 Å². The number of likely N-dealkylation sites (tertiary alicyclic amines) is 1. The topological polar surface area (TPSA) is 77.8 Å². The van der Waals surface area contributed by atoms with E-state index in [2.05, 4.69) is 0 Å². The van der Waals surface area contributed by atoms with Gasteiger partial charge in [-0.15, -0.1) is 0 Å². The SMILES string of the molecule is O=C(C/C=C/c1ccc(F)cc1)N1CCC(O)(C(=O)O)CC1. The highest BCUT2D eigenvalue weighted by molar-refractivity contribution is 5.80. The summed E-state index contributed by atoms with van der Waals surface area (Å²) in [5.74, 6) is -1.67. The van der Waals surface area contributed by atoms with Crippen molar-refractivity contribution in [3.63, 3.8) is 0 Å². The number of hydrogen-bond acceptors (Lipinski definition) is 3. The maximum atomic E-state index is 12.8. The summed E-state index contributed by atoms with van der Waals surface area (Å²) in [7, 11) is 0. The van der Waals surface area contributed by atoms with Crippen LogP contribution in [0.4, 0.5) is 4.39 Å². The Hall–Kier alpha value is -2.21. The fourth-order valence-electron chi connectivity index (χ4n) is 2.34. The number of carbonyl (C=O) groups is 2. The number of halogens is 1. The molecule has 1 aliphatic heterocycles. The predicted molar refractivity (Wildman–Crippen MR) is 78.5 cm³/mol. The van der Waals surface area contributed by atoms with Crippen LogP contribution >= 0.6 is 0 Å². The Kier molecular flexibility index (Phi) is 4.92. The number of rotatable bonds is 4. The summed E-state index contributed by atoms with van der Waals surface area (Å²) >= 11 is 0. The lowest BCUT2D eigenvalue weighted by Gasteiger charge is -2.35. The summed E-state index contributed by atoms with van der Waals surface area (Å²) in [6.45, 7) is 0.456. The second kappa shape index (κ2) is 6.70. The number of aliphatic carboxylic acids is 1. The van der Waals surface area contributed by atoms with Crippen LogP contribution in [0.2, 0.25) is 0 Å². The van der Waals surface area contributed by atoms with E-state index in [1.165, 1.54) is 12.1 Å². The molecule has 0 aliphatic carbocycles. The van der Waals surface area contributed by atoms with E-state index in [1.54, 1.807) is 29.2 Å². The lowest BCUT2D eigenvalue weighted by atomic mass is 9.91. The van der Waals surface area contributed by atoms with Crippen LogP contribution in [0.15, 0.2) is 30.3 Å². The molecule has 0 bridgehead atoms. The van der Waals surface area contributed by atoms with E-state index in [9.17, 15) is 19.1 Å². The lowest BCUT2D eigenvalue weighted by Crippen LogP contribution is -2.50. The normalized spacial score (nSPS) is 17.6. The van der Waals surface area contributed by atoms with Gasteiger partial charge in [-0.3, -0.25) is 4.79 Å². The molecule has 0 atom stereocenters. The van der Waals surface area contributed by atoms with Crippen molar-refractivity contribution in [3.05, 3.63) is 41.7 Å². The number of aliphatic hydroxyl groups is 1. The van der Waals surface area contributed by atoms with Gasteiger partial charge in [0.1, 0.15) is 5.82 Å². The molecule has 6 heteroatoms. The number of amides is 1. The van der Waals surface area contributed by atoms with E-state index in [1.807, 2.05) is 0 Å². The molecular formula is C16H18FNO4. The van der Waals surface area contributed by atoms with Crippen LogP contribution in [0.25, 0.3) is 6.08 Å². The second-order valence-electron chi connectivity index (χ2n) is 5.38. The summed E-state index contributed by atoms with van der Waals surface area (Å²) in [5, 5.41) is 18.7. The van der Waals surface area contributed by atoms with Crippen molar-refractivity contribution in [2.75, 3.05) is 13.1 Å². The molecule has 1 fully saturated rings. The first-order valence-corrected chi connectivity index (χ1v) is 7.06. The van der Waals surface area contributed by atoms with E-state index in [0.29, 0.717) is 0 Å². The molecule has 0 unspecified atom stereocenters. The van der Waals surface area contributed by atoms with Gasteiger partial charge in [-0.2, -0.15) is 0 Å². The largest absolute Gasteiger partial charge is 0.479 e. The Labute approximate surface area is 127 Å². The fraction of sp³-hybridized carbons (Fsp3) is 0.375. The molecule has 0 saturated carbocycles. The van der Waals surface area contributed by atoms with Gasteiger partial charge in [0.25, 0.3) is 0 Å². The Bertz CT molecular complexity index is 574. The first-order chi connectivity index (χ1) is 10.4. The number of nitrogens with zero attached hydrogens (tertiary/aromatic N) is 1. The molecule has 1 aromatic rings. The zero-order valence-electron chi connectivity index (χ0n) is 12.0. The van der Waals surface area contributed by atoms with Gasteiger partial charge in [-0.1, -0.05) is 24.3 Å². The molecule has 1 heterocycles. The quantitative estimate of drug-likeness (QED) is 0.887. The molecule has 2 N–H and O–H groups in total. The number of benzene rings is 1. The van der Waals surface area contributed by atoms with Crippen LogP contribution in [-0.2, 0) is 9.59 Å². The number of carbonyl (C=O) groups excluding carboxylic acids is 1. The van der Waals surface area contributed by atoms with Gasteiger partial charge in [-0.05, 0) is 17.7 Å². The van der Waals surface area contributed by atoms with Crippen molar-refractivity contribution in [2.24, 2.45) is 0 Å². The van der Waals surface area contributed by atoms with E-state index in [-0.39, 0.29) is 44.1 Å². The molecule has 1 aromatic carbocycles. The number of carboxylic acid groups (broad SMARTS) is 1. The molecule has 1 aliphatic rings. The summed E-state index contributed by atoms with van der Waals surface area (Å²) in [4.78, 5) is 24.5. The molecule has 0 aromatic heterocycles. The van der Waals surface area contributed by atoms with Gasteiger partial charge in [-0.25, -0.2) is 9.18 Å². The van der Waals surface area contributed by atoms with Gasteiger partial charge >= 0.3 is 5.97 Å². The minimum atomic E-state index is -1.72. The highest BCUT2D eigenvalue weighted by Gasteiger charge is 2.40. The van der Waals surface area contributed by atoms with Crippen molar-refractivity contribution < 1.29 is 24.2 Å². The molecular weight excluding hydrogens is 289 g/mol. The molecule has 0 spiro atoms. The van der Waals surface area contributed by atoms with Crippen LogP contribution in [0, 0.1) is 5.82 Å². The van der Waals surface area contributed by atoms with Gasteiger partial charge in [0.15, 0.2) is 5.60 Å². The molecule has 118 valence electrons. The fourth-order valence-corrected chi connectivity index (χ4v) is 2.34. The third-order valence-corrected chi connectivity index (χ3v) is 3.81. The smallest absolute Gasteiger partial charge is 0.335 e. The molecule has 2 rings (SSSR count). The van der Waals surface area contributed by atoms with Crippen LogP contribution in [0.5, 0.6) is 0 Å². The zero-order valence-corrected chi connectivity index (χ0v) is 12.0. The van der Waals surface area contributed by atoms with Gasteiger partial charge in [0.05, 0.1) is 0 Å². The minimum Gasteiger partial charge on any atom is -0.479 e. The first-order valence-electron chi connectivity index (χ1n) is 7.06. The zero-order chi connectivity index (χ0) is 16.2. The summed E-state index contributed by atoms with van der Waals surface area (Å²) in [5.41, 5.74) is -0.922. The number of piperidine rings is 1. The van der Waals surface area contributed by atoms with E-state index in [0.717, 1.165) is 5.56 Å². The summed E-state index contributed by atoms with van der Waals surface area (Å²) in [6.07, 6.45) is 3.68. The molecule has 22 heavy (non-hydrogen) atoms. The maximum Gasteiger partial charge on any atom is 0.335 e. The Morgan fingerprint density at radius 2 is 1.82 bits per heavy atom. The van der Waals surface area contributed by atoms with Gasteiger partial charge < -0.3 is 15.1 Å². The average molecular weight is 307 g/mol. The Morgan fingerprint density at radius 1 is 1.23 bits per heavy atom. The number of carboxylic acids is 1. The van der Waals surface area contributed by atoms with Crippen molar-refractivity contribution in [2.45, 2.75) is 24.9 Å². The van der Waals surface area contributed by atoms with Crippen molar-refractivity contribution >= 4 is 18.0 Å². The summed E-state index contributed by atoms with van der Waals surface area (Å²) < 4.78 is 12.8. The Balaban J connectivity index is 1.83. The highest BCUT2D eigenvalue weighted by Crippen LogP contribution is 2.22. The van der Waals surface area contributed by atoms with E-state index in [4.69, 9.17) is 5.11 Å². The minimum absolute atomic E-state index is 0.0375. The average Bonchev–Trinajstić information content (AvgIpc) is 2.49.